The first-order valence-corrected chi connectivity index (χ1v) is 8.80. The van der Waals surface area contributed by atoms with Gasteiger partial charge in [-0.1, -0.05) is 6.07 Å². The summed E-state index contributed by atoms with van der Waals surface area (Å²) in [5, 5.41) is 12.8. The van der Waals surface area contributed by atoms with Gasteiger partial charge in [0.25, 0.3) is 5.91 Å². The minimum atomic E-state index is -0.273. The first-order valence-electron chi connectivity index (χ1n) is 8.80. The summed E-state index contributed by atoms with van der Waals surface area (Å²) in [6.07, 6.45) is 6.96. The molecule has 0 radical (unpaired) electrons. The molecule has 1 aliphatic rings. The third kappa shape index (κ3) is 3.17. The molecule has 26 heavy (non-hydrogen) atoms. The molecule has 0 bridgehead atoms. The van der Waals surface area contributed by atoms with Crippen LogP contribution in [0.2, 0.25) is 0 Å². The molecule has 134 valence electrons. The SMILES string of the molecule is Cc1nc2ncccn2c1C(=O)N[C@H](Cc1ccccn1)C1CC(O)C1. The number of aliphatic hydroxyl groups is 1. The largest absolute Gasteiger partial charge is 0.393 e. The standard InChI is InChI=1S/C19H21N5O2/c1-12-17(24-8-4-7-21-19(24)22-12)18(26)23-16(13-9-15(25)10-13)11-14-5-2-3-6-20-14/h2-8,13,15-16,25H,9-11H2,1H3,(H,23,26)/t13?,15?,16-/m1/s1. The Bertz CT molecular complexity index is 918. The molecular weight excluding hydrogens is 330 g/mol. The minimum absolute atomic E-state index is 0.0811. The Morgan fingerprint density at radius 3 is 2.85 bits per heavy atom. The normalized spacial score (nSPS) is 20.5. The Morgan fingerprint density at radius 2 is 2.12 bits per heavy atom. The van der Waals surface area contributed by atoms with Crippen LogP contribution in [0.3, 0.4) is 0 Å². The number of amides is 1. The number of hydrogen-bond acceptors (Lipinski definition) is 5. The van der Waals surface area contributed by atoms with Gasteiger partial charge in [0, 0.05) is 36.7 Å². The zero-order valence-electron chi connectivity index (χ0n) is 14.5. The fourth-order valence-electron chi connectivity index (χ4n) is 3.55. The maximum Gasteiger partial charge on any atom is 0.270 e. The van der Waals surface area contributed by atoms with E-state index in [1.54, 1.807) is 29.1 Å². The zero-order valence-corrected chi connectivity index (χ0v) is 14.5. The first kappa shape index (κ1) is 16.7. The van der Waals surface area contributed by atoms with E-state index in [-0.39, 0.29) is 24.0 Å². The number of fused-ring (bicyclic) bond motifs is 1. The number of carbonyl (C=O) groups is 1. The number of aryl methyl sites for hydroxylation is 1. The van der Waals surface area contributed by atoms with Crippen LogP contribution >= 0.6 is 0 Å². The van der Waals surface area contributed by atoms with E-state index in [1.165, 1.54) is 0 Å². The van der Waals surface area contributed by atoms with Crippen molar-refractivity contribution in [3.63, 3.8) is 0 Å². The van der Waals surface area contributed by atoms with Gasteiger partial charge in [-0.05, 0) is 43.9 Å². The number of hydrogen-bond donors (Lipinski definition) is 2. The minimum Gasteiger partial charge on any atom is -0.393 e. The summed E-state index contributed by atoms with van der Waals surface area (Å²) < 4.78 is 1.71. The Morgan fingerprint density at radius 1 is 1.31 bits per heavy atom. The molecule has 3 aromatic heterocycles. The first-order chi connectivity index (χ1) is 12.6. The number of pyridine rings is 1. The van der Waals surface area contributed by atoms with Crippen molar-refractivity contribution in [2.45, 2.75) is 38.3 Å². The van der Waals surface area contributed by atoms with Gasteiger partial charge in [-0.3, -0.25) is 14.2 Å². The van der Waals surface area contributed by atoms with Crippen molar-refractivity contribution >= 4 is 11.7 Å². The molecular formula is C19H21N5O2. The smallest absolute Gasteiger partial charge is 0.270 e. The van der Waals surface area contributed by atoms with Gasteiger partial charge in [-0.2, -0.15) is 0 Å². The molecule has 0 unspecified atom stereocenters. The number of nitrogens with one attached hydrogen (secondary N) is 1. The Balaban J connectivity index is 1.58. The number of aromatic nitrogens is 4. The van der Waals surface area contributed by atoms with Gasteiger partial charge in [-0.25, -0.2) is 9.97 Å². The summed E-state index contributed by atoms with van der Waals surface area (Å²) in [5.74, 6) is 0.578. The second-order valence-corrected chi connectivity index (χ2v) is 6.83. The number of aliphatic hydroxyl groups excluding tert-OH is 1. The lowest BCUT2D eigenvalue weighted by Crippen LogP contribution is -2.48. The van der Waals surface area contributed by atoms with Crippen molar-refractivity contribution in [2.24, 2.45) is 5.92 Å². The Kier molecular flexibility index (Phi) is 4.38. The Hall–Kier alpha value is -2.80. The molecule has 0 spiro atoms. The second kappa shape index (κ2) is 6.84. The highest BCUT2D eigenvalue weighted by atomic mass is 16.3. The molecule has 1 aliphatic carbocycles. The topological polar surface area (TPSA) is 92.4 Å². The van der Waals surface area contributed by atoms with E-state index >= 15 is 0 Å². The lowest BCUT2D eigenvalue weighted by Gasteiger charge is -2.38. The number of rotatable bonds is 5. The fraction of sp³-hybridized carbons (Fsp3) is 0.368. The van der Waals surface area contributed by atoms with E-state index < -0.39 is 0 Å². The molecule has 1 amide bonds. The van der Waals surface area contributed by atoms with Gasteiger partial charge >= 0.3 is 0 Å². The van der Waals surface area contributed by atoms with E-state index in [4.69, 9.17) is 0 Å². The molecule has 4 rings (SSSR count). The molecule has 0 saturated heterocycles. The van der Waals surface area contributed by atoms with Gasteiger partial charge in [0.15, 0.2) is 0 Å². The fourth-order valence-corrected chi connectivity index (χ4v) is 3.55. The van der Waals surface area contributed by atoms with Crippen molar-refractivity contribution < 1.29 is 9.90 Å². The summed E-state index contributed by atoms with van der Waals surface area (Å²) in [7, 11) is 0. The predicted octanol–water partition coefficient (Wildman–Crippen LogP) is 1.54. The maximum absolute atomic E-state index is 13.0. The molecule has 0 aromatic carbocycles. The second-order valence-electron chi connectivity index (χ2n) is 6.83. The van der Waals surface area contributed by atoms with Crippen LogP contribution in [0.25, 0.3) is 5.78 Å². The predicted molar refractivity (Wildman–Crippen MR) is 95.7 cm³/mol. The van der Waals surface area contributed by atoms with Crippen LogP contribution in [-0.4, -0.2) is 42.5 Å². The van der Waals surface area contributed by atoms with Crippen molar-refractivity contribution in [3.05, 3.63) is 59.9 Å². The van der Waals surface area contributed by atoms with Crippen molar-refractivity contribution in [3.8, 4) is 0 Å². The van der Waals surface area contributed by atoms with Gasteiger partial charge in [0.2, 0.25) is 5.78 Å². The van der Waals surface area contributed by atoms with Crippen LogP contribution in [-0.2, 0) is 6.42 Å². The van der Waals surface area contributed by atoms with Crippen LogP contribution in [0.15, 0.2) is 42.9 Å². The van der Waals surface area contributed by atoms with Gasteiger partial charge in [-0.15, -0.1) is 0 Å². The summed E-state index contributed by atoms with van der Waals surface area (Å²) >= 11 is 0. The van der Waals surface area contributed by atoms with Crippen molar-refractivity contribution in [1.29, 1.82) is 0 Å². The van der Waals surface area contributed by atoms with Crippen molar-refractivity contribution in [1.82, 2.24) is 24.7 Å². The van der Waals surface area contributed by atoms with Gasteiger partial charge < -0.3 is 10.4 Å². The lowest BCUT2D eigenvalue weighted by molar-refractivity contribution is 0.0237. The highest BCUT2D eigenvalue weighted by Gasteiger charge is 2.35. The number of imidazole rings is 1. The molecule has 0 aliphatic heterocycles. The van der Waals surface area contributed by atoms with Crippen LogP contribution in [0, 0.1) is 12.8 Å². The summed E-state index contributed by atoms with van der Waals surface area (Å²) in [6.45, 7) is 1.81. The van der Waals surface area contributed by atoms with Crippen LogP contribution in [0.1, 0.15) is 34.7 Å². The van der Waals surface area contributed by atoms with Crippen LogP contribution in [0.4, 0.5) is 0 Å². The quantitative estimate of drug-likeness (QED) is 0.727. The zero-order chi connectivity index (χ0) is 18.1. The number of carbonyl (C=O) groups excluding carboxylic acids is 1. The molecule has 7 nitrogen and oxygen atoms in total. The monoisotopic (exact) mass is 351 g/mol. The lowest BCUT2D eigenvalue weighted by atomic mass is 9.76. The third-order valence-electron chi connectivity index (χ3n) is 4.98. The van der Waals surface area contributed by atoms with E-state index in [2.05, 4.69) is 20.3 Å². The molecule has 7 heteroatoms. The van der Waals surface area contributed by atoms with Crippen LogP contribution in [0.5, 0.6) is 0 Å². The molecule has 2 N–H and O–H groups in total. The van der Waals surface area contributed by atoms with Crippen molar-refractivity contribution in [2.75, 3.05) is 0 Å². The Labute approximate surface area is 151 Å². The highest BCUT2D eigenvalue weighted by Crippen LogP contribution is 2.31. The van der Waals surface area contributed by atoms with E-state index in [1.807, 2.05) is 25.1 Å². The van der Waals surface area contributed by atoms with Crippen LogP contribution < -0.4 is 5.32 Å². The molecule has 1 saturated carbocycles. The summed E-state index contributed by atoms with van der Waals surface area (Å²) in [5.41, 5.74) is 2.07. The molecule has 3 heterocycles. The average Bonchev–Trinajstić information content (AvgIpc) is 2.95. The van der Waals surface area contributed by atoms with Gasteiger partial charge in [0.1, 0.15) is 5.69 Å². The molecule has 3 aromatic rings. The van der Waals surface area contributed by atoms with E-state index in [9.17, 15) is 9.90 Å². The van der Waals surface area contributed by atoms with Gasteiger partial charge in [0.05, 0.1) is 11.8 Å². The summed E-state index contributed by atoms with van der Waals surface area (Å²) in [6, 6.07) is 7.47. The van der Waals surface area contributed by atoms with E-state index in [0.29, 0.717) is 36.4 Å². The third-order valence-corrected chi connectivity index (χ3v) is 4.98. The summed E-state index contributed by atoms with van der Waals surface area (Å²) in [4.78, 5) is 25.9. The molecule has 1 atom stereocenters. The highest BCUT2D eigenvalue weighted by molar-refractivity contribution is 5.94. The average molecular weight is 351 g/mol. The maximum atomic E-state index is 13.0. The molecule has 1 fully saturated rings. The number of nitrogens with zero attached hydrogens (tertiary/aromatic N) is 4. The van der Waals surface area contributed by atoms with E-state index in [0.717, 1.165) is 5.69 Å².